The van der Waals surface area contributed by atoms with Crippen LogP contribution in [-0.2, 0) is 22.4 Å². The Labute approximate surface area is 146 Å². The number of benzene rings is 2. The maximum absolute atomic E-state index is 12.1. The van der Waals surface area contributed by atoms with Gasteiger partial charge in [0.15, 0.2) is 12.4 Å². The summed E-state index contributed by atoms with van der Waals surface area (Å²) in [6.45, 7) is 1.08. The Morgan fingerprint density at radius 2 is 1.80 bits per heavy atom. The van der Waals surface area contributed by atoms with Crippen LogP contribution in [-0.4, -0.2) is 24.3 Å². The third-order valence-corrected chi connectivity index (χ3v) is 4.22. The highest BCUT2D eigenvalue weighted by atomic mass is 16.5. The van der Waals surface area contributed by atoms with Crippen molar-refractivity contribution in [2.75, 3.05) is 11.9 Å². The Bertz CT molecular complexity index is 841. The molecule has 0 radical (unpaired) electrons. The van der Waals surface area contributed by atoms with E-state index in [2.05, 4.69) is 5.32 Å². The molecule has 25 heavy (non-hydrogen) atoms. The van der Waals surface area contributed by atoms with E-state index in [4.69, 9.17) is 4.74 Å². The smallest absolute Gasteiger partial charge is 0.338 e. The van der Waals surface area contributed by atoms with E-state index in [0.717, 1.165) is 19.3 Å². The van der Waals surface area contributed by atoms with Crippen molar-refractivity contribution in [1.82, 2.24) is 0 Å². The molecule has 0 saturated heterocycles. The number of fused-ring (bicyclic) bond motifs is 1. The zero-order valence-corrected chi connectivity index (χ0v) is 14.0. The summed E-state index contributed by atoms with van der Waals surface area (Å²) in [5.41, 5.74) is 3.92. The van der Waals surface area contributed by atoms with Gasteiger partial charge in [0.25, 0.3) is 5.91 Å². The van der Waals surface area contributed by atoms with Crippen molar-refractivity contribution in [3.63, 3.8) is 0 Å². The highest BCUT2D eigenvalue weighted by Crippen LogP contribution is 2.23. The number of nitrogens with one attached hydrogen (secondary N) is 1. The average Bonchev–Trinajstić information content (AvgIpc) is 3.07. The van der Waals surface area contributed by atoms with Crippen LogP contribution in [0.4, 0.5) is 5.69 Å². The highest BCUT2D eigenvalue weighted by Gasteiger charge is 2.15. The number of aryl methyl sites for hydroxylation is 2. The molecule has 0 heterocycles. The first-order chi connectivity index (χ1) is 12.0. The predicted octanol–water partition coefficient (Wildman–Crippen LogP) is 3.17. The summed E-state index contributed by atoms with van der Waals surface area (Å²) >= 11 is 0. The predicted molar refractivity (Wildman–Crippen MR) is 93.8 cm³/mol. The normalized spacial score (nSPS) is 12.4. The molecule has 0 saturated carbocycles. The second-order valence-electron chi connectivity index (χ2n) is 6.10. The van der Waals surface area contributed by atoms with E-state index in [1.807, 2.05) is 12.1 Å². The number of anilines is 1. The molecule has 5 nitrogen and oxygen atoms in total. The van der Waals surface area contributed by atoms with Gasteiger partial charge in [0, 0.05) is 11.3 Å². The third-order valence-electron chi connectivity index (χ3n) is 4.22. The number of amides is 1. The van der Waals surface area contributed by atoms with Crippen LogP contribution < -0.4 is 5.32 Å². The van der Waals surface area contributed by atoms with Crippen molar-refractivity contribution < 1.29 is 19.1 Å². The lowest BCUT2D eigenvalue weighted by molar-refractivity contribution is -0.119. The average molecular weight is 337 g/mol. The van der Waals surface area contributed by atoms with Crippen LogP contribution >= 0.6 is 0 Å². The van der Waals surface area contributed by atoms with Crippen molar-refractivity contribution in [3.8, 4) is 0 Å². The topological polar surface area (TPSA) is 72.5 Å². The number of carbonyl (C=O) groups is 3. The minimum absolute atomic E-state index is 0.0841. The molecule has 0 fully saturated rings. The first-order valence-corrected chi connectivity index (χ1v) is 8.23. The molecule has 0 bridgehead atoms. The number of rotatable bonds is 5. The zero-order valence-electron chi connectivity index (χ0n) is 14.0. The van der Waals surface area contributed by atoms with Gasteiger partial charge in [0.2, 0.25) is 0 Å². The van der Waals surface area contributed by atoms with Gasteiger partial charge in [-0.1, -0.05) is 18.2 Å². The minimum Gasteiger partial charge on any atom is -0.452 e. The molecule has 128 valence electrons. The molecule has 1 N–H and O–H groups in total. The van der Waals surface area contributed by atoms with Gasteiger partial charge < -0.3 is 10.1 Å². The van der Waals surface area contributed by atoms with Gasteiger partial charge in [-0.25, -0.2) is 4.79 Å². The number of ether oxygens (including phenoxy) is 1. The van der Waals surface area contributed by atoms with Gasteiger partial charge >= 0.3 is 5.97 Å². The summed E-state index contributed by atoms with van der Waals surface area (Å²) in [5.74, 6) is -1.04. The Hall–Kier alpha value is -2.95. The Morgan fingerprint density at radius 1 is 1.00 bits per heavy atom. The van der Waals surface area contributed by atoms with Gasteiger partial charge in [0.1, 0.15) is 0 Å². The fourth-order valence-corrected chi connectivity index (χ4v) is 2.93. The molecule has 5 heteroatoms. The lowest BCUT2D eigenvalue weighted by atomic mass is 10.1. The van der Waals surface area contributed by atoms with E-state index in [1.54, 1.807) is 30.3 Å². The van der Waals surface area contributed by atoms with Gasteiger partial charge in [-0.2, -0.15) is 0 Å². The highest BCUT2D eigenvalue weighted by molar-refractivity contribution is 5.98. The zero-order chi connectivity index (χ0) is 17.8. The van der Waals surface area contributed by atoms with Crippen molar-refractivity contribution in [3.05, 3.63) is 64.7 Å². The second kappa shape index (κ2) is 7.30. The maximum Gasteiger partial charge on any atom is 0.338 e. The Kier molecular flexibility index (Phi) is 4.93. The van der Waals surface area contributed by atoms with Crippen LogP contribution in [0.3, 0.4) is 0 Å². The molecule has 1 aliphatic carbocycles. The van der Waals surface area contributed by atoms with Crippen molar-refractivity contribution in [1.29, 1.82) is 0 Å². The third kappa shape index (κ3) is 4.12. The number of carbonyl (C=O) groups excluding carboxylic acids is 3. The summed E-state index contributed by atoms with van der Waals surface area (Å²) in [5, 5.41) is 2.62. The van der Waals surface area contributed by atoms with Gasteiger partial charge in [-0.3, -0.25) is 9.59 Å². The fraction of sp³-hybridized carbons (Fsp3) is 0.250. The second-order valence-corrected chi connectivity index (χ2v) is 6.10. The van der Waals surface area contributed by atoms with E-state index >= 15 is 0 Å². The van der Waals surface area contributed by atoms with Crippen LogP contribution in [0.2, 0.25) is 0 Å². The lowest BCUT2D eigenvalue weighted by Crippen LogP contribution is -2.21. The maximum atomic E-state index is 12.1. The van der Waals surface area contributed by atoms with Gasteiger partial charge in [-0.05, 0) is 61.6 Å². The first-order valence-electron chi connectivity index (χ1n) is 8.23. The molecule has 0 atom stereocenters. The largest absolute Gasteiger partial charge is 0.452 e. The van der Waals surface area contributed by atoms with Crippen LogP contribution in [0.25, 0.3) is 0 Å². The number of hydrogen-bond acceptors (Lipinski definition) is 4. The summed E-state index contributed by atoms with van der Waals surface area (Å²) in [6.07, 6.45) is 3.13. The standard InChI is InChI=1S/C20H19NO4/c1-13(22)15-5-3-7-18(11-15)21-19(23)12-25-20(24)17-9-8-14-4-2-6-16(14)10-17/h3,5,7-11H,2,4,6,12H2,1H3,(H,21,23). The van der Waals surface area contributed by atoms with Crippen LogP contribution in [0.15, 0.2) is 42.5 Å². The molecule has 0 aliphatic heterocycles. The number of ketones is 1. The van der Waals surface area contributed by atoms with E-state index in [9.17, 15) is 14.4 Å². The fourth-order valence-electron chi connectivity index (χ4n) is 2.93. The number of hydrogen-bond donors (Lipinski definition) is 1. The molecule has 0 unspecified atom stereocenters. The molecule has 2 aromatic carbocycles. The Balaban J connectivity index is 1.56. The summed E-state index contributed by atoms with van der Waals surface area (Å²) in [6, 6.07) is 12.1. The molecule has 2 aromatic rings. The minimum atomic E-state index is -0.512. The van der Waals surface area contributed by atoms with Crippen molar-refractivity contribution in [2.45, 2.75) is 26.2 Å². The summed E-state index contributed by atoms with van der Waals surface area (Å²) in [4.78, 5) is 35.4. The molecule has 3 rings (SSSR count). The van der Waals surface area contributed by atoms with E-state index in [1.165, 1.54) is 18.1 Å². The van der Waals surface area contributed by atoms with Crippen LogP contribution in [0.5, 0.6) is 0 Å². The quantitative estimate of drug-likeness (QED) is 0.672. The van der Waals surface area contributed by atoms with Gasteiger partial charge in [0.05, 0.1) is 5.56 Å². The molecule has 0 spiro atoms. The molecule has 0 aromatic heterocycles. The number of Topliss-reactive ketones (excluding diaryl/α,β-unsaturated/α-hetero) is 1. The lowest BCUT2D eigenvalue weighted by Gasteiger charge is -2.08. The van der Waals surface area contributed by atoms with Crippen LogP contribution in [0.1, 0.15) is 45.2 Å². The monoisotopic (exact) mass is 337 g/mol. The van der Waals surface area contributed by atoms with Crippen LogP contribution in [0, 0.1) is 0 Å². The van der Waals surface area contributed by atoms with Gasteiger partial charge in [-0.15, -0.1) is 0 Å². The molecular weight excluding hydrogens is 318 g/mol. The van der Waals surface area contributed by atoms with Crippen molar-refractivity contribution >= 4 is 23.3 Å². The summed E-state index contributed by atoms with van der Waals surface area (Å²) < 4.78 is 5.08. The van der Waals surface area contributed by atoms with E-state index in [-0.39, 0.29) is 12.4 Å². The van der Waals surface area contributed by atoms with E-state index < -0.39 is 11.9 Å². The SMILES string of the molecule is CC(=O)c1cccc(NC(=O)COC(=O)c2ccc3c(c2)CCC3)c1. The first kappa shape index (κ1) is 16.9. The molecular formula is C20H19NO4. The van der Waals surface area contributed by atoms with E-state index in [0.29, 0.717) is 16.8 Å². The van der Waals surface area contributed by atoms with Crippen molar-refractivity contribution in [2.24, 2.45) is 0 Å². The summed E-state index contributed by atoms with van der Waals surface area (Å²) in [7, 11) is 0. The Morgan fingerprint density at radius 3 is 2.60 bits per heavy atom. The number of esters is 1. The molecule has 1 aliphatic rings. The molecule has 1 amide bonds.